The molecule has 1 aliphatic carbocycles. The molecule has 0 bridgehead atoms. The van der Waals surface area contributed by atoms with E-state index in [1.807, 2.05) is 6.20 Å². The first-order chi connectivity index (χ1) is 10.1. The van der Waals surface area contributed by atoms with E-state index in [-0.39, 0.29) is 12.0 Å². The van der Waals surface area contributed by atoms with E-state index in [2.05, 4.69) is 45.8 Å². The molecule has 2 nitrogen and oxygen atoms in total. The fourth-order valence-electron chi connectivity index (χ4n) is 4.71. The van der Waals surface area contributed by atoms with Crippen molar-refractivity contribution in [2.45, 2.75) is 76.9 Å². The Hall–Kier alpha value is -0.973. The summed E-state index contributed by atoms with van der Waals surface area (Å²) in [4.78, 5) is 12.0. The van der Waals surface area contributed by atoms with Gasteiger partial charge in [-0.05, 0) is 35.3 Å². The lowest BCUT2D eigenvalue weighted by Crippen LogP contribution is -2.53. The second-order valence-corrected chi connectivity index (χ2v) is 13.2. The van der Waals surface area contributed by atoms with Crippen molar-refractivity contribution in [3.05, 3.63) is 23.5 Å². The first-order valence-corrected chi connectivity index (χ1v) is 10.4. The van der Waals surface area contributed by atoms with E-state index in [1.165, 1.54) is 0 Å². The Bertz CT molecular complexity index is 553. The van der Waals surface area contributed by atoms with Crippen molar-refractivity contribution in [1.82, 2.24) is 4.23 Å². The number of carbonyl (C=O) groups is 1. The van der Waals surface area contributed by atoms with Gasteiger partial charge in [-0.2, -0.15) is 8.78 Å². The van der Waals surface area contributed by atoms with Crippen LogP contribution in [0.5, 0.6) is 0 Å². The van der Waals surface area contributed by atoms with Crippen molar-refractivity contribution in [3.63, 3.8) is 0 Å². The van der Waals surface area contributed by atoms with Gasteiger partial charge in [-0.3, -0.25) is 4.79 Å². The molecule has 1 aromatic heterocycles. The van der Waals surface area contributed by atoms with Crippen LogP contribution in [0.2, 0.25) is 16.6 Å². The molecule has 0 saturated heterocycles. The van der Waals surface area contributed by atoms with Crippen LogP contribution >= 0.6 is 0 Å². The van der Waals surface area contributed by atoms with E-state index in [0.717, 1.165) is 5.69 Å². The van der Waals surface area contributed by atoms with Crippen molar-refractivity contribution >= 4 is 14.0 Å². The average molecular weight is 327 g/mol. The molecule has 0 aliphatic heterocycles. The SMILES string of the molecule is CC(C)[Si](C(C)C)(C(C)C)n1ccc2c1CCC(F)(F)C2=O. The van der Waals surface area contributed by atoms with Gasteiger partial charge >= 0.3 is 5.92 Å². The Kier molecular flexibility index (Phi) is 4.41. The highest BCUT2D eigenvalue weighted by atomic mass is 28.3. The van der Waals surface area contributed by atoms with Gasteiger partial charge in [-0.15, -0.1) is 0 Å². The zero-order valence-electron chi connectivity index (χ0n) is 14.4. The highest BCUT2D eigenvalue weighted by molar-refractivity contribution is 6.82. The molecule has 0 radical (unpaired) electrons. The molecule has 0 N–H and O–H groups in total. The molecule has 0 fully saturated rings. The van der Waals surface area contributed by atoms with Crippen LogP contribution in [0.15, 0.2) is 12.3 Å². The Morgan fingerprint density at radius 3 is 2.05 bits per heavy atom. The van der Waals surface area contributed by atoms with Crippen LogP contribution in [0, 0.1) is 0 Å². The van der Waals surface area contributed by atoms with Crippen LogP contribution in [0.3, 0.4) is 0 Å². The maximum absolute atomic E-state index is 13.7. The fourth-order valence-corrected chi connectivity index (χ4v) is 11.4. The molecule has 5 heteroatoms. The van der Waals surface area contributed by atoms with Crippen LogP contribution in [0.1, 0.15) is 64.0 Å². The summed E-state index contributed by atoms with van der Waals surface area (Å²) in [5, 5.41) is 0. The van der Waals surface area contributed by atoms with Gasteiger partial charge in [0.2, 0.25) is 5.78 Å². The van der Waals surface area contributed by atoms with Crippen molar-refractivity contribution in [3.8, 4) is 0 Å². The van der Waals surface area contributed by atoms with E-state index in [0.29, 0.717) is 23.0 Å². The van der Waals surface area contributed by atoms with Crippen LogP contribution in [0.4, 0.5) is 8.78 Å². The molecule has 2 rings (SSSR count). The van der Waals surface area contributed by atoms with Crippen LogP contribution < -0.4 is 0 Å². The molecular formula is C17H27F2NOSi. The van der Waals surface area contributed by atoms with E-state index in [9.17, 15) is 13.6 Å². The maximum atomic E-state index is 13.7. The number of aromatic nitrogens is 1. The summed E-state index contributed by atoms with van der Waals surface area (Å²) >= 11 is 0. The first kappa shape index (κ1) is 17.4. The van der Waals surface area contributed by atoms with Gasteiger partial charge < -0.3 is 4.23 Å². The molecule has 1 aliphatic rings. The number of alkyl halides is 2. The van der Waals surface area contributed by atoms with Crippen molar-refractivity contribution in [2.75, 3.05) is 0 Å². The zero-order chi connectivity index (χ0) is 16.9. The van der Waals surface area contributed by atoms with E-state index in [1.54, 1.807) is 6.07 Å². The van der Waals surface area contributed by atoms with Gasteiger partial charge in [0, 0.05) is 17.7 Å². The standard InChI is InChI=1S/C17H27F2NOSi/c1-11(2)22(12(3)4,13(5)6)20-10-8-14-15(20)7-9-17(18,19)16(14)21/h8,10-13H,7,9H2,1-6H3. The normalized spacial score (nSPS) is 18.4. The summed E-state index contributed by atoms with van der Waals surface area (Å²) in [5.74, 6) is -4.19. The molecule has 0 amide bonds. The number of Topliss-reactive ketones (excluding diaryl/α,β-unsaturated/α-hetero) is 1. The van der Waals surface area contributed by atoms with Crippen molar-refractivity contribution < 1.29 is 13.6 Å². The largest absolute Gasteiger partial charge is 0.376 e. The molecule has 124 valence electrons. The third-order valence-electron chi connectivity index (χ3n) is 5.44. The average Bonchev–Trinajstić information content (AvgIpc) is 2.78. The van der Waals surface area contributed by atoms with Gasteiger partial charge in [0.25, 0.3) is 0 Å². The van der Waals surface area contributed by atoms with Crippen molar-refractivity contribution in [1.29, 1.82) is 0 Å². The van der Waals surface area contributed by atoms with E-state index in [4.69, 9.17) is 0 Å². The minimum absolute atomic E-state index is 0.245. The van der Waals surface area contributed by atoms with E-state index < -0.39 is 19.9 Å². The summed E-state index contributed by atoms with van der Waals surface area (Å²) in [5.41, 5.74) is 2.51. The number of carbonyl (C=O) groups excluding carboxylic acids is 1. The maximum Gasteiger partial charge on any atom is 0.310 e. The molecule has 0 atom stereocenters. The molecule has 0 saturated carbocycles. The molecular weight excluding hydrogens is 300 g/mol. The molecule has 0 aromatic carbocycles. The molecule has 0 unspecified atom stereocenters. The number of fused-ring (bicyclic) bond motifs is 1. The van der Waals surface area contributed by atoms with Gasteiger partial charge in [-0.1, -0.05) is 41.5 Å². The summed E-state index contributed by atoms with van der Waals surface area (Å²) < 4.78 is 29.7. The number of halogens is 2. The third-order valence-corrected chi connectivity index (χ3v) is 12.2. The Labute approximate surface area is 133 Å². The van der Waals surface area contributed by atoms with Gasteiger partial charge in [-0.25, -0.2) is 0 Å². The summed E-state index contributed by atoms with van der Waals surface area (Å²) in [6.45, 7) is 13.4. The van der Waals surface area contributed by atoms with E-state index >= 15 is 0 Å². The van der Waals surface area contributed by atoms with Crippen LogP contribution in [0.25, 0.3) is 0 Å². The van der Waals surface area contributed by atoms with Gasteiger partial charge in [0.15, 0.2) is 8.24 Å². The second kappa shape index (κ2) is 5.59. The lowest BCUT2D eigenvalue weighted by Gasteiger charge is -2.45. The van der Waals surface area contributed by atoms with Gasteiger partial charge in [0.05, 0.1) is 0 Å². The number of ketones is 1. The third kappa shape index (κ3) is 2.28. The number of nitrogens with zero attached hydrogens (tertiary/aromatic N) is 1. The molecule has 1 aromatic rings. The van der Waals surface area contributed by atoms with Crippen LogP contribution in [-0.4, -0.2) is 24.2 Å². The summed E-state index contributed by atoms with van der Waals surface area (Å²) in [6.07, 6.45) is 1.85. The minimum atomic E-state index is -3.20. The quantitative estimate of drug-likeness (QED) is 0.690. The second-order valence-electron chi connectivity index (χ2n) is 7.43. The lowest BCUT2D eigenvalue weighted by molar-refractivity contribution is 0.00178. The molecule has 22 heavy (non-hydrogen) atoms. The highest BCUT2D eigenvalue weighted by Gasteiger charge is 2.50. The molecule has 0 spiro atoms. The monoisotopic (exact) mass is 327 g/mol. The van der Waals surface area contributed by atoms with Crippen LogP contribution in [-0.2, 0) is 6.42 Å². The summed E-state index contributed by atoms with van der Waals surface area (Å²) in [6, 6.07) is 1.62. The Morgan fingerprint density at radius 2 is 1.59 bits per heavy atom. The minimum Gasteiger partial charge on any atom is -0.376 e. The predicted molar refractivity (Wildman–Crippen MR) is 88.5 cm³/mol. The number of hydrogen-bond acceptors (Lipinski definition) is 1. The highest BCUT2D eigenvalue weighted by Crippen LogP contribution is 2.45. The first-order valence-electron chi connectivity index (χ1n) is 8.20. The Balaban J connectivity index is 2.65. The summed E-state index contributed by atoms with van der Waals surface area (Å²) in [7, 11) is -1.99. The van der Waals surface area contributed by atoms with Gasteiger partial charge in [0.1, 0.15) is 0 Å². The predicted octanol–water partition coefficient (Wildman–Crippen LogP) is 5.28. The Morgan fingerprint density at radius 1 is 1.09 bits per heavy atom. The smallest absolute Gasteiger partial charge is 0.310 e. The topological polar surface area (TPSA) is 22.0 Å². The lowest BCUT2D eigenvalue weighted by atomic mass is 9.93. The number of rotatable bonds is 4. The number of hydrogen-bond donors (Lipinski definition) is 0. The van der Waals surface area contributed by atoms with Crippen molar-refractivity contribution in [2.24, 2.45) is 0 Å². The fraction of sp³-hybridized carbons (Fsp3) is 0.706. The molecule has 1 heterocycles. The zero-order valence-corrected chi connectivity index (χ0v) is 15.4.